The van der Waals surface area contributed by atoms with E-state index in [1.54, 1.807) is 0 Å². The van der Waals surface area contributed by atoms with Crippen molar-refractivity contribution in [2.45, 2.75) is 32.2 Å². The summed E-state index contributed by atoms with van der Waals surface area (Å²) in [5.41, 5.74) is 9.07. The number of nitrogens with two attached hydrogens (primary N) is 1. The van der Waals surface area contributed by atoms with Crippen molar-refractivity contribution in [1.82, 2.24) is 15.0 Å². The molecule has 1 aliphatic rings. The van der Waals surface area contributed by atoms with Gasteiger partial charge in [-0.25, -0.2) is 15.0 Å². The highest BCUT2D eigenvalue weighted by atomic mass is 14.9. The van der Waals surface area contributed by atoms with Gasteiger partial charge in [-0.1, -0.05) is 0 Å². The smallest absolute Gasteiger partial charge is 0.163 e. The molecule has 0 unspecified atom stereocenters. The molecule has 82 valence electrons. The number of pyridine rings is 1. The van der Waals surface area contributed by atoms with Crippen LogP contribution < -0.4 is 5.73 Å². The molecule has 0 bridgehead atoms. The Balaban J connectivity index is 2.24. The molecule has 2 aromatic heterocycles. The Morgan fingerprint density at radius 1 is 1.12 bits per heavy atom. The van der Waals surface area contributed by atoms with E-state index in [1.165, 1.54) is 24.0 Å². The number of fused-ring (bicyclic) bond motifs is 3. The van der Waals surface area contributed by atoms with E-state index >= 15 is 0 Å². The summed E-state index contributed by atoms with van der Waals surface area (Å²) >= 11 is 0. The van der Waals surface area contributed by atoms with Crippen molar-refractivity contribution in [3.05, 3.63) is 29.3 Å². The van der Waals surface area contributed by atoms with Crippen LogP contribution >= 0.6 is 0 Å². The topological polar surface area (TPSA) is 64.7 Å². The van der Waals surface area contributed by atoms with Crippen LogP contribution in [0.2, 0.25) is 0 Å². The largest absolute Gasteiger partial charge is 0.324 e. The van der Waals surface area contributed by atoms with Gasteiger partial charge >= 0.3 is 0 Å². The van der Waals surface area contributed by atoms with Crippen molar-refractivity contribution < 1.29 is 0 Å². The molecule has 16 heavy (non-hydrogen) atoms. The van der Waals surface area contributed by atoms with Gasteiger partial charge in [-0.2, -0.15) is 0 Å². The third-order valence-corrected chi connectivity index (χ3v) is 3.18. The minimum absolute atomic E-state index is 0.370. The second-order valence-electron chi connectivity index (χ2n) is 4.20. The second kappa shape index (κ2) is 3.79. The Bertz CT molecular complexity index is 536. The van der Waals surface area contributed by atoms with Crippen molar-refractivity contribution in [3.8, 4) is 0 Å². The summed E-state index contributed by atoms with van der Waals surface area (Å²) in [7, 11) is 0. The van der Waals surface area contributed by atoms with Crippen LogP contribution in [-0.2, 0) is 19.4 Å². The Hall–Kier alpha value is -1.55. The van der Waals surface area contributed by atoms with E-state index in [9.17, 15) is 0 Å². The Kier molecular flexibility index (Phi) is 2.29. The Morgan fingerprint density at radius 3 is 2.88 bits per heavy atom. The first-order valence-electron chi connectivity index (χ1n) is 5.71. The molecule has 0 spiro atoms. The van der Waals surface area contributed by atoms with E-state index in [0.29, 0.717) is 12.4 Å². The van der Waals surface area contributed by atoms with Gasteiger partial charge in [-0.15, -0.1) is 0 Å². The maximum absolute atomic E-state index is 5.53. The summed E-state index contributed by atoms with van der Waals surface area (Å²) in [5.74, 6) is 0.663. The molecule has 0 atom stereocenters. The van der Waals surface area contributed by atoms with Crippen LogP contribution in [0.15, 0.2) is 12.4 Å². The normalized spacial score (nSPS) is 15.1. The first-order chi connectivity index (χ1) is 7.88. The molecule has 1 aliphatic carbocycles. The number of rotatable bonds is 1. The van der Waals surface area contributed by atoms with Gasteiger partial charge in [-0.3, -0.25) is 0 Å². The lowest BCUT2D eigenvalue weighted by atomic mass is 9.91. The zero-order valence-electron chi connectivity index (χ0n) is 9.11. The first-order valence-corrected chi connectivity index (χ1v) is 5.71. The van der Waals surface area contributed by atoms with Crippen LogP contribution in [-0.4, -0.2) is 15.0 Å². The van der Waals surface area contributed by atoms with Gasteiger partial charge in [0.15, 0.2) is 5.65 Å². The van der Waals surface area contributed by atoms with E-state index in [-0.39, 0.29) is 0 Å². The molecule has 2 heterocycles. The van der Waals surface area contributed by atoms with Crippen molar-refractivity contribution in [2.24, 2.45) is 5.73 Å². The van der Waals surface area contributed by atoms with Gasteiger partial charge in [0.25, 0.3) is 0 Å². The van der Waals surface area contributed by atoms with E-state index in [2.05, 4.69) is 15.0 Å². The molecule has 3 rings (SSSR count). The predicted octanol–water partition coefficient (Wildman–Crippen LogP) is 1.36. The van der Waals surface area contributed by atoms with Crippen LogP contribution in [0.4, 0.5) is 0 Å². The van der Waals surface area contributed by atoms with Crippen molar-refractivity contribution >= 4 is 11.0 Å². The van der Waals surface area contributed by atoms with Gasteiger partial charge in [-0.05, 0) is 36.8 Å². The van der Waals surface area contributed by atoms with Crippen LogP contribution in [0.3, 0.4) is 0 Å². The minimum Gasteiger partial charge on any atom is -0.324 e. The first kappa shape index (κ1) is 9.66. The second-order valence-corrected chi connectivity index (χ2v) is 4.20. The van der Waals surface area contributed by atoms with E-state index < -0.39 is 0 Å². The highest BCUT2D eigenvalue weighted by molar-refractivity contribution is 5.79. The summed E-state index contributed by atoms with van der Waals surface area (Å²) in [5, 5.41) is 1.11. The minimum atomic E-state index is 0.370. The van der Waals surface area contributed by atoms with E-state index in [1.807, 2.05) is 12.4 Å². The molecule has 0 aliphatic heterocycles. The summed E-state index contributed by atoms with van der Waals surface area (Å²) in [4.78, 5) is 13.0. The van der Waals surface area contributed by atoms with Crippen molar-refractivity contribution in [3.63, 3.8) is 0 Å². The average Bonchev–Trinajstić information content (AvgIpc) is 2.38. The Labute approximate surface area is 93.9 Å². The molecule has 4 heteroatoms. The molecule has 0 aromatic carbocycles. The average molecular weight is 214 g/mol. The number of hydrogen-bond acceptors (Lipinski definition) is 4. The van der Waals surface area contributed by atoms with Gasteiger partial charge in [0.05, 0.1) is 6.54 Å². The third-order valence-electron chi connectivity index (χ3n) is 3.18. The standard InChI is InChI=1S/C12H14N4/c13-5-11-14-7-10-9-4-2-1-3-8(9)6-15-12(10)16-11/h6-7H,1-5,13H2. The quantitative estimate of drug-likeness (QED) is 0.778. The van der Waals surface area contributed by atoms with Gasteiger partial charge < -0.3 is 5.73 Å². The molecule has 0 amide bonds. The van der Waals surface area contributed by atoms with Gasteiger partial charge in [0.2, 0.25) is 0 Å². The Morgan fingerprint density at radius 2 is 2.00 bits per heavy atom. The third kappa shape index (κ3) is 1.46. The maximum Gasteiger partial charge on any atom is 0.163 e. The number of hydrogen-bond donors (Lipinski definition) is 1. The fraction of sp³-hybridized carbons (Fsp3) is 0.417. The monoisotopic (exact) mass is 214 g/mol. The summed E-state index contributed by atoms with van der Waals surface area (Å²) < 4.78 is 0. The van der Waals surface area contributed by atoms with Crippen LogP contribution in [0, 0.1) is 0 Å². The molecule has 2 aromatic rings. The molecule has 4 nitrogen and oxygen atoms in total. The predicted molar refractivity (Wildman–Crippen MR) is 61.9 cm³/mol. The summed E-state index contributed by atoms with van der Waals surface area (Å²) in [6, 6.07) is 0. The molecule has 0 saturated heterocycles. The molecule has 0 saturated carbocycles. The fourth-order valence-corrected chi connectivity index (χ4v) is 2.34. The number of aryl methyl sites for hydroxylation is 2. The molecular weight excluding hydrogens is 200 g/mol. The van der Waals surface area contributed by atoms with Gasteiger partial charge in [0, 0.05) is 17.8 Å². The maximum atomic E-state index is 5.53. The molecular formula is C12H14N4. The van der Waals surface area contributed by atoms with E-state index in [4.69, 9.17) is 5.73 Å². The zero-order chi connectivity index (χ0) is 11.0. The van der Waals surface area contributed by atoms with Crippen LogP contribution in [0.25, 0.3) is 11.0 Å². The van der Waals surface area contributed by atoms with Crippen LogP contribution in [0.5, 0.6) is 0 Å². The highest BCUT2D eigenvalue weighted by Gasteiger charge is 2.14. The SMILES string of the molecule is NCc1ncc2c3c(cnc2n1)CCCC3. The van der Waals surface area contributed by atoms with Crippen molar-refractivity contribution in [2.75, 3.05) is 0 Å². The lowest BCUT2D eigenvalue weighted by Gasteiger charge is -2.16. The molecule has 2 N–H and O–H groups in total. The lowest BCUT2D eigenvalue weighted by Crippen LogP contribution is -2.08. The fourth-order valence-electron chi connectivity index (χ4n) is 2.34. The number of nitrogens with zero attached hydrogens (tertiary/aromatic N) is 3. The van der Waals surface area contributed by atoms with Crippen molar-refractivity contribution in [1.29, 1.82) is 0 Å². The zero-order valence-corrected chi connectivity index (χ0v) is 9.11. The number of aromatic nitrogens is 3. The lowest BCUT2D eigenvalue weighted by molar-refractivity contribution is 0.686. The highest BCUT2D eigenvalue weighted by Crippen LogP contribution is 2.26. The summed E-state index contributed by atoms with van der Waals surface area (Å²) in [6.45, 7) is 0.370. The molecule has 0 radical (unpaired) electrons. The van der Waals surface area contributed by atoms with Gasteiger partial charge in [0.1, 0.15) is 5.82 Å². The summed E-state index contributed by atoms with van der Waals surface area (Å²) in [6.07, 6.45) is 8.62. The van der Waals surface area contributed by atoms with E-state index in [0.717, 1.165) is 23.9 Å². The molecule has 0 fully saturated rings. The van der Waals surface area contributed by atoms with Crippen LogP contribution in [0.1, 0.15) is 29.8 Å².